The first kappa shape index (κ1) is 24.9. The van der Waals surface area contributed by atoms with Gasteiger partial charge in [-0.2, -0.15) is 0 Å². The first-order valence-electron chi connectivity index (χ1n) is 11.3. The number of nitrogens with one attached hydrogen (secondary N) is 3. The van der Waals surface area contributed by atoms with E-state index in [-0.39, 0.29) is 35.8 Å². The Labute approximate surface area is 198 Å². The molecule has 168 valence electrons. The van der Waals surface area contributed by atoms with E-state index in [2.05, 4.69) is 57.0 Å². The Morgan fingerprint density at radius 3 is 2.23 bits per heavy atom. The van der Waals surface area contributed by atoms with Crippen molar-refractivity contribution in [1.29, 1.82) is 0 Å². The van der Waals surface area contributed by atoms with Gasteiger partial charge in [-0.3, -0.25) is 9.69 Å². The predicted molar refractivity (Wildman–Crippen MR) is 134 cm³/mol. The summed E-state index contributed by atoms with van der Waals surface area (Å²) in [4.78, 5) is 18.9. The number of amides is 1. The summed E-state index contributed by atoms with van der Waals surface area (Å²) in [5, 5.41) is 9.53. The van der Waals surface area contributed by atoms with Crippen LogP contribution in [0, 0.1) is 5.92 Å². The molecule has 1 aliphatic heterocycles. The third-order valence-electron chi connectivity index (χ3n) is 5.56. The Hall–Kier alpha value is -1.35. The largest absolute Gasteiger partial charge is 0.357 e. The lowest BCUT2D eigenvalue weighted by Gasteiger charge is -2.19. The molecular weight excluding hydrogens is 489 g/mol. The van der Waals surface area contributed by atoms with E-state index in [1.807, 2.05) is 0 Å². The highest BCUT2D eigenvalue weighted by Crippen LogP contribution is 2.28. The molecule has 1 saturated heterocycles. The number of hydrogen-bond acceptors (Lipinski definition) is 3. The van der Waals surface area contributed by atoms with Crippen molar-refractivity contribution >= 4 is 35.8 Å². The normalized spacial score (nSPS) is 17.6. The minimum absolute atomic E-state index is 0. The molecule has 1 aromatic rings. The fourth-order valence-electron chi connectivity index (χ4n) is 3.67. The van der Waals surface area contributed by atoms with E-state index in [4.69, 9.17) is 0 Å². The summed E-state index contributed by atoms with van der Waals surface area (Å²) < 4.78 is 0. The summed E-state index contributed by atoms with van der Waals surface area (Å²) in [6.45, 7) is 8.34. The van der Waals surface area contributed by atoms with Crippen LogP contribution in [-0.4, -0.2) is 49.5 Å². The molecule has 7 heteroatoms. The van der Waals surface area contributed by atoms with Crippen molar-refractivity contribution in [3.8, 4) is 0 Å². The van der Waals surface area contributed by atoms with Gasteiger partial charge in [-0.05, 0) is 56.8 Å². The summed E-state index contributed by atoms with van der Waals surface area (Å²) in [7, 11) is 0. The molecule has 1 heterocycles. The Morgan fingerprint density at radius 2 is 1.60 bits per heavy atom. The lowest BCUT2D eigenvalue weighted by atomic mass is 10.1. The SMILES string of the molecule is CCNC(=NCc1ccc(CN2CCCCCC2)cc1)NCCNC(=O)C1CC1.I. The Kier molecular flexibility index (Phi) is 11.5. The minimum Gasteiger partial charge on any atom is -0.357 e. The summed E-state index contributed by atoms with van der Waals surface area (Å²) in [5.41, 5.74) is 2.60. The van der Waals surface area contributed by atoms with Crippen LogP contribution in [0.15, 0.2) is 29.3 Å². The van der Waals surface area contributed by atoms with E-state index >= 15 is 0 Å². The molecule has 2 aliphatic rings. The lowest BCUT2D eigenvalue weighted by Crippen LogP contribution is -2.41. The molecule has 0 atom stereocenters. The maximum atomic E-state index is 11.7. The van der Waals surface area contributed by atoms with E-state index in [1.165, 1.54) is 49.9 Å². The van der Waals surface area contributed by atoms with Gasteiger partial charge in [-0.1, -0.05) is 37.1 Å². The van der Waals surface area contributed by atoms with Crippen LogP contribution in [0.3, 0.4) is 0 Å². The molecule has 30 heavy (non-hydrogen) atoms. The fourth-order valence-corrected chi connectivity index (χ4v) is 3.67. The van der Waals surface area contributed by atoms with Crippen molar-refractivity contribution in [1.82, 2.24) is 20.9 Å². The van der Waals surface area contributed by atoms with Crippen molar-refractivity contribution < 1.29 is 4.79 Å². The molecule has 0 radical (unpaired) electrons. The lowest BCUT2D eigenvalue weighted by molar-refractivity contribution is -0.122. The maximum Gasteiger partial charge on any atom is 0.223 e. The van der Waals surface area contributed by atoms with Gasteiger partial charge in [0, 0.05) is 32.1 Å². The molecule has 2 fully saturated rings. The summed E-state index contributed by atoms with van der Waals surface area (Å²) in [6.07, 6.45) is 7.50. The number of likely N-dealkylation sites (tertiary alicyclic amines) is 1. The summed E-state index contributed by atoms with van der Waals surface area (Å²) >= 11 is 0. The third kappa shape index (κ3) is 9.20. The highest BCUT2D eigenvalue weighted by Gasteiger charge is 2.28. The number of carbonyl (C=O) groups excluding carboxylic acids is 1. The van der Waals surface area contributed by atoms with Crippen LogP contribution in [-0.2, 0) is 17.9 Å². The molecule has 1 amide bonds. The van der Waals surface area contributed by atoms with Gasteiger partial charge < -0.3 is 16.0 Å². The number of aliphatic imine (C=N–C) groups is 1. The second kappa shape index (κ2) is 13.9. The Morgan fingerprint density at radius 1 is 0.967 bits per heavy atom. The van der Waals surface area contributed by atoms with Crippen LogP contribution in [0.25, 0.3) is 0 Å². The third-order valence-corrected chi connectivity index (χ3v) is 5.56. The second-order valence-electron chi connectivity index (χ2n) is 8.19. The van der Waals surface area contributed by atoms with Crippen molar-refractivity contribution in [2.24, 2.45) is 10.9 Å². The second-order valence-corrected chi connectivity index (χ2v) is 8.19. The van der Waals surface area contributed by atoms with E-state index in [0.717, 1.165) is 31.9 Å². The zero-order valence-corrected chi connectivity index (χ0v) is 20.6. The molecule has 0 spiro atoms. The van der Waals surface area contributed by atoms with Crippen LogP contribution < -0.4 is 16.0 Å². The van der Waals surface area contributed by atoms with Gasteiger partial charge >= 0.3 is 0 Å². The van der Waals surface area contributed by atoms with Gasteiger partial charge in [0.2, 0.25) is 5.91 Å². The van der Waals surface area contributed by atoms with Gasteiger partial charge in [0.05, 0.1) is 6.54 Å². The molecule has 0 unspecified atom stereocenters. The molecule has 3 N–H and O–H groups in total. The topological polar surface area (TPSA) is 68.8 Å². The molecule has 6 nitrogen and oxygen atoms in total. The first-order valence-corrected chi connectivity index (χ1v) is 11.3. The number of nitrogens with zero attached hydrogens (tertiary/aromatic N) is 2. The molecule has 1 aromatic carbocycles. The number of carbonyl (C=O) groups is 1. The summed E-state index contributed by atoms with van der Waals surface area (Å²) in [6, 6.07) is 8.86. The quantitative estimate of drug-likeness (QED) is 0.200. The van der Waals surface area contributed by atoms with Crippen LogP contribution >= 0.6 is 24.0 Å². The van der Waals surface area contributed by atoms with Crippen molar-refractivity contribution in [2.75, 3.05) is 32.7 Å². The maximum absolute atomic E-state index is 11.7. The minimum atomic E-state index is 0. The molecule has 0 bridgehead atoms. The smallest absolute Gasteiger partial charge is 0.223 e. The monoisotopic (exact) mass is 527 g/mol. The molecule has 1 saturated carbocycles. The van der Waals surface area contributed by atoms with Crippen molar-refractivity contribution in [3.63, 3.8) is 0 Å². The number of halogens is 1. The zero-order valence-electron chi connectivity index (χ0n) is 18.3. The predicted octanol–water partition coefficient (Wildman–Crippen LogP) is 3.26. The van der Waals surface area contributed by atoms with Gasteiger partial charge in [-0.15, -0.1) is 24.0 Å². The van der Waals surface area contributed by atoms with Crippen LogP contribution in [0.2, 0.25) is 0 Å². The van der Waals surface area contributed by atoms with Gasteiger partial charge in [0.1, 0.15) is 0 Å². The molecule has 1 aliphatic carbocycles. The number of benzene rings is 1. The zero-order chi connectivity index (χ0) is 20.3. The highest BCUT2D eigenvalue weighted by atomic mass is 127. The van der Waals surface area contributed by atoms with Crippen LogP contribution in [0.5, 0.6) is 0 Å². The van der Waals surface area contributed by atoms with Gasteiger partial charge in [0.15, 0.2) is 5.96 Å². The number of rotatable bonds is 9. The molecule has 0 aromatic heterocycles. The number of guanidine groups is 1. The van der Waals surface area contributed by atoms with Gasteiger partial charge in [-0.25, -0.2) is 4.99 Å². The van der Waals surface area contributed by atoms with Crippen LogP contribution in [0.4, 0.5) is 0 Å². The Bertz CT molecular complexity index is 652. The fraction of sp³-hybridized carbons (Fsp3) is 0.652. The van der Waals surface area contributed by atoms with E-state index in [9.17, 15) is 4.79 Å². The van der Waals surface area contributed by atoms with Crippen LogP contribution in [0.1, 0.15) is 56.6 Å². The highest BCUT2D eigenvalue weighted by molar-refractivity contribution is 14.0. The standard InChI is InChI=1S/C23H37N5O.HI/c1-2-24-23(26-14-13-25-22(29)21-11-12-21)27-17-19-7-9-20(10-8-19)18-28-15-5-3-4-6-16-28;/h7-10,21H,2-6,11-18H2,1H3,(H,25,29)(H2,24,26,27);1H. The van der Waals surface area contributed by atoms with Crippen molar-refractivity contribution in [2.45, 2.75) is 58.5 Å². The van der Waals surface area contributed by atoms with E-state index in [0.29, 0.717) is 19.6 Å². The molecular formula is C23H38IN5O. The van der Waals surface area contributed by atoms with E-state index in [1.54, 1.807) is 0 Å². The average Bonchev–Trinajstić information content (AvgIpc) is 3.58. The summed E-state index contributed by atoms with van der Waals surface area (Å²) in [5.74, 6) is 1.25. The molecule has 3 rings (SSSR count). The average molecular weight is 527 g/mol. The first-order chi connectivity index (χ1) is 14.2. The Balaban J connectivity index is 0.00000320. The number of hydrogen-bond donors (Lipinski definition) is 3. The van der Waals surface area contributed by atoms with E-state index < -0.39 is 0 Å². The van der Waals surface area contributed by atoms with Gasteiger partial charge in [0.25, 0.3) is 0 Å². The van der Waals surface area contributed by atoms with Crippen molar-refractivity contribution in [3.05, 3.63) is 35.4 Å².